The molecular weight excluding hydrogens is 242 g/mol. The minimum atomic E-state index is 0.0135. The summed E-state index contributed by atoms with van der Waals surface area (Å²) in [6, 6.07) is 0. The molecule has 0 aromatic rings. The third-order valence-corrected chi connectivity index (χ3v) is 2.53. The van der Waals surface area contributed by atoms with Gasteiger partial charge in [-0.1, -0.05) is 13.3 Å². The molecule has 0 aliphatic heterocycles. The molecule has 0 aliphatic carbocycles. The minimum Gasteiger partial charge on any atom is -0.354 e. The third-order valence-electron chi connectivity index (χ3n) is 2.53. The molecule has 0 unspecified atom stereocenters. The van der Waals surface area contributed by atoms with Gasteiger partial charge in [-0.15, -0.1) is 0 Å². The SMILES string of the molecule is CCCCC(=O)NCCNC(=O)CCNC(C)(C)C. The predicted octanol–water partition coefficient (Wildman–Crippen LogP) is 1.19. The molecule has 0 aromatic heterocycles. The van der Waals surface area contributed by atoms with E-state index in [0.29, 0.717) is 32.5 Å². The van der Waals surface area contributed by atoms with Gasteiger partial charge in [-0.2, -0.15) is 0 Å². The maximum Gasteiger partial charge on any atom is 0.221 e. The molecule has 0 bridgehead atoms. The lowest BCUT2D eigenvalue weighted by atomic mass is 10.1. The van der Waals surface area contributed by atoms with E-state index in [4.69, 9.17) is 0 Å². The number of nitrogens with one attached hydrogen (secondary N) is 3. The van der Waals surface area contributed by atoms with Crippen LogP contribution in [-0.2, 0) is 9.59 Å². The molecule has 3 N–H and O–H groups in total. The molecule has 0 rings (SSSR count). The van der Waals surface area contributed by atoms with E-state index < -0.39 is 0 Å². The number of amides is 2. The first-order chi connectivity index (χ1) is 8.85. The van der Waals surface area contributed by atoms with Crippen molar-refractivity contribution in [2.24, 2.45) is 0 Å². The van der Waals surface area contributed by atoms with E-state index in [0.717, 1.165) is 12.8 Å². The summed E-state index contributed by atoms with van der Waals surface area (Å²) in [4.78, 5) is 22.8. The van der Waals surface area contributed by atoms with Crippen molar-refractivity contribution in [3.05, 3.63) is 0 Å². The van der Waals surface area contributed by atoms with E-state index in [2.05, 4.69) is 43.6 Å². The molecule has 0 saturated carbocycles. The fourth-order valence-corrected chi connectivity index (χ4v) is 1.47. The predicted molar refractivity (Wildman–Crippen MR) is 77.9 cm³/mol. The molecule has 0 heterocycles. The average Bonchev–Trinajstić information content (AvgIpc) is 2.30. The molecule has 0 radical (unpaired) electrons. The Bertz CT molecular complexity index is 272. The Labute approximate surface area is 116 Å². The highest BCUT2D eigenvalue weighted by Gasteiger charge is 2.09. The van der Waals surface area contributed by atoms with Gasteiger partial charge in [-0.05, 0) is 27.2 Å². The maximum absolute atomic E-state index is 11.5. The first-order valence-corrected chi connectivity index (χ1v) is 7.13. The van der Waals surface area contributed by atoms with Crippen LogP contribution in [0.1, 0.15) is 53.4 Å². The molecule has 112 valence electrons. The van der Waals surface area contributed by atoms with Gasteiger partial charge in [-0.3, -0.25) is 9.59 Å². The van der Waals surface area contributed by atoms with Crippen molar-refractivity contribution < 1.29 is 9.59 Å². The third kappa shape index (κ3) is 13.1. The van der Waals surface area contributed by atoms with Crippen LogP contribution in [-0.4, -0.2) is 37.0 Å². The van der Waals surface area contributed by atoms with Gasteiger partial charge in [-0.25, -0.2) is 0 Å². The van der Waals surface area contributed by atoms with Crippen LogP contribution >= 0.6 is 0 Å². The van der Waals surface area contributed by atoms with E-state index in [1.54, 1.807) is 0 Å². The average molecular weight is 271 g/mol. The molecule has 0 aromatic carbocycles. The van der Waals surface area contributed by atoms with Crippen LogP contribution in [0.4, 0.5) is 0 Å². The van der Waals surface area contributed by atoms with Crippen LogP contribution in [0, 0.1) is 0 Å². The Balaban J connectivity index is 3.46. The zero-order chi connectivity index (χ0) is 14.7. The topological polar surface area (TPSA) is 70.2 Å². The summed E-state index contributed by atoms with van der Waals surface area (Å²) in [5, 5.41) is 8.82. The molecule has 0 saturated heterocycles. The monoisotopic (exact) mass is 271 g/mol. The van der Waals surface area contributed by atoms with Crippen molar-refractivity contribution >= 4 is 11.8 Å². The van der Waals surface area contributed by atoms with Crippen molar-refractivity contribution in [1.82, 2.24) is 16.0 Å². The Morgan fingerprint density at radius 3 is 1.89 bits per heavy atom. The smallest absolute Gasteiger partial charge is 0.221 e. The molecule has 0 fully saturated rings. The summed E-state index contributed by atoms with van der Waals surface area (Å²) in [6.45, 7) is 9.91. The van der Waals surface area contributed by atoms with Crippen LogP contribution in [0.5, 0.6) is 0 Å². The summed E-state index contributed by atoms with van der Waals surface area (Å²) in [5.74, 6) is 0.0741. The highest BCUT2D eigenvalue weighted by Crippen LogP contribution is 1.97. The molecular formula is C14H29N3O2. The van der Waals surface area contributed by atoms with Gasteiger partial charge in [0, 0.05) is 38.0 Å². The number of hydrogen-bond donors (Lipinski definition) is 3. The Hall–Kier alpha value is -1.10. The van der Waals surface area contributed by atoms with Gasteiger partial charge >= 0.3 is 0 Å². The molecule has 0 spiro atoms. The van der Waals surface area contributed by atoms with E-state index in [1.807, 2.05) is 0 Å². The standard InChI is InChI=1S/C14H29N3O2/c1-5-6-7-12(18)15-10-11-16-13(19)8-9-17-14(2,3)4/h17H,5-11H2,1-4H3,(H,15,18)(H,16,19). The lowest BCUT2D eigenvalue weighted by Gasteiger charge is -2.20. The lowest BCUT2D eigenvalue weighted by molar-refractivity contribution is -0.122. The molecule has 5 heteroatoms. The van der Waals surface area contributed by atoms with E-state index in [9.17, 15) is 9.59 Å². The first kappa shape index (κ1) is 17.9. The molecule has 2 amide bonds. The first-order valence-electron chi connectivity index (χ1n) is 7.13. The largest absolute Gasteiger partial charge is 0.354 e. The van der Waals surface area contributed by atoms with Crippen LogP contribution < -0.4 is 16.0 Å². The van der Waals surface area contributed by atoms with Gasteiger partial charge in [0.25, 0.3) is 0 Å². The Kier molecular flexibility index (Phi) is 9.21. The summed E-state index contributed by atoms with van der Waals surface area (Å²) in [5.41, 5.74) is 0.0353. The number of carbonyl (C=O) groups is 2. The second kappa shape index (κ2) is 9.78. The quantitative estimate of drug-likeness (QED) is 0.552. The molecule has 0 aliphatic rings. The second-order valence-electron chi connectivity index (χ2n) is 5.73. The number of rotatable bonds is 9. The summed E-state index contributed by atoms with van der Waals surface area (Å²) in [6.07, 6.45) is 2.96. The summed E-state index contributed by atoms with van der Waals surface area (Å²) in [7, 11) is 0. The molecule has 19 heavy (non-hydrogen) atoms. The number of unbranched alkanes of at least 4 members (excludes halogenated alkanes) is 1. The van der Waals surface area contributed by atoms with Gasteiger partial charge in [0.05, 0.1) is 0 Å². The van der Waals surface area contributed by atoms with Crippen molar-refractivity contribution in [3.63, 3.8) is 0 Å². The van der Waals surface area contributed by atoms with Gasteiger partial charge in [0.1, 0.15) is 0 Å². The van der Waals surface area contributed by atoms with E-state index in [-0.39, 0.29) is 17.4 Å². The van der Waals surface area contributed by atoms with Gasteiger partial charge in [0.2, 0.25) is 11.8 Å². The zero-order valence-electron chi connectivity index (χ0n) is 12.8. The van der Waals surface area contributed by atoms with Gasteiger partial charge < -0.3 is 16.0 Å². The zero-order valence-corrected chi connectivity index (χ0v) is 12.8. The molecule has 0 atom stereocenters. The van der Waals surface area contributed by atoms with Crippen molar-refractivity contribution in [2.45, 2.75) is 58.9 Å². The fraction of sp³-hybridized carbons (Fsp3) is 0.857. The summed E-state index contributed by atoms with van der Waals surface area (Å²) < 4.78 is 0. The minimum absolute atomic E-state index is 0.0135. The maximum atomic E-state index is 11.5. The number of carbonyl (C=O) groups excluding carboxylic acids is 2. The summed E-state index contributed by atoms with van der Waals surface area (Å²) >= 11 is 0. The Morgan fingerprint density at radius 1 is 0.895 bits per heavy atom. The molecule has 5 nitrogen and oxygen atoms in total. The van der Waals surface area contributed by atoms with Crippen LogP contribution in [0.15, 0.2) is 0 Å². The normalized spacial score (nSPS) is 11.2. The van der Waals surface area contributed by atoms with Crippen molar-refractivity contribution in [1.29, 1.82) is 0 Å². The number of hydrogen-bond acceptors (Lipinski definition) is 3. The highest BCUT2D eigenvalue weighted by molar-refractivity contribution is 5.77. The van der Waals surface area contributed by atoms with Crippen LogP contribution in [0.2, 0.25) is 0 Å². The van der Waals surface area contributed by atoms with E-state index >= 15 is 0 Å². The van der Waals surface area contributed by atoms with Gasteiger partial charge in [0.15, 0.2) is 0 Å². The highest BCUT2D eigenvalue weighted by atomic mass is 16.2. The fourth-order valence-electron chi connectivity index (χ4n) is 1.47. The van der Waals surface area contributed by atoms with Crippen LogP contribution in [0.3, 0.4) is 0 Å². The second-order valence-corrected chi connectivity index (χ2v) is 5.73. The van der Waals surface area contributed by atoms with Crippen molar-refractivity contribution in [2.75, 3.05) is 19.6 Å². The lowest BCUT2D eigenvalue weighted by Crippen LogP contribution is -2.39. The van der Waals surface area contributed by atoms with Crippen molar-refractivity contribution in [3.8, 4) is 0 Å². The Morgan fingerprint density at radius 2 is 1.42 bits per heavy atom. The van der Waals surface area contributed by atoms with E-state index in [1.165, 1.54) is 0 Å². The van der Waals surface area contributed by atoms with Crippen LogP contribution in [0.25, 0.3) is 0 Å².